The van der Waals surface area contributed by atoms with Gasteiger partial charge in [-0.05, 0) is 18.1 Å². The van der Waals surface area contributed by atoms with E-state index >= 15 is 0 Å². The van der Waals surface area contributed by atoms with Crippen LogP contribution in [0.25, 0.3) is 5.65 Å². The van der Waals surface area contributed by atoms with Crippen LogP contribution >= 0.6 is 0 Å². The standard InChI is InChI=1S/C8H10N4.CH3.Rb/c1-6(2)7-3-4-8-10-9-5-12(8)11-7;;/h3-6H,1-2H3;1H3;/q;-1;+1. The third kappa shape index (κ3) is 2.92. The molecule has 0 unspecified atom stereocenters. The maximum Gasteiger partial charge on any atom is 1.00 e. The van der Waals surface area contributed by atoms with Crippen molar-refractivity contribution in [1.82, 2.24) is 19.8 Å². The smallest absolute Gasteiger partial charge is 0.358 e. The molecule has 4 nitrogen and oxygen atoms in total. The minimum atomic E-state index is 0. The van der Waals surface area contributed by atoms with Gasteiger partial charge in [0.05, 0.1) is 5.69 Å². The fraction of sp³-hybridized carbons (Fsp3) is 0.333. The summed E-state index contributed by atoms with van der Waals surface area (Å²) >= 11 is 0. The third-order valence-electron chi connectivity index (χ3n) is 1.77. The zero-order valence-corrected chi connectivity index (χ0v) is 14.0. The molecule has 2 heterocycles. The van der Waals surface area contributed by atoms with Gasteiger partial charge in [0.15, 0.2) is 5.65 Å². The van der Waals surface area contributed by atoms with Crippen LogP contribution in [0.1, 0.15) is 25.5 Å². The molecule has 0 amide bonds. The number of nitrogens with zero attached hydrogens (tertiary/aromatic N) is 4. The molecule has 0 saturated carbocycles. The van der Waals surface area contributed by atoms with Gasteiger partial charge in [-0.25, -0.2) is 4.52 Å². The second kappa shape index (κ2) is 6.05. The van der Waals surface area contributed by atoms with Crippen molar-refractivity contribution in [2.75, 3.05) is 0 Å². The van der Waals surface area contributed by atoms with Crippen LogP contribution in [-0.2, 0) is 0 Å². The Hall–Kier alpha value is 0.355. The quantitative estimate of drug-likeness (QED) is 0.600. The molecule has 70 valence electrons. The van der Waals surface area contributed by atoms with Crippen LogP contribution in [0.4, 0.5) is 0 Å². The summed E-state index contributed by atoms with van der Waals surface area (Å²) < 4.78 is 1.69. The molecule has 5 heteroatoms. The molecule has 0 N–H and O–H groups in total. The van der Waals surface area contributed by atoms with Crippen molar-refractivity contribution in [3.05, 3.63) is 31.6 Å². The Labute approximate surface area is 133 Å². The molecule has 0 atom stereocenters. The first-order valence-corrected chi connectivity index (χ1v) is 3.94. The molecule has 0 radical (unpaired) electrons. The fourth-order valence-electron chi connectivity index (χ4n) is 1.05. The molecule has 0 aliphatic heterocycles. The average Bonchev–Trinajstić information content (AvgIpc) is 2.49. The number of rotatable bonds is 1. The maximum absolute atomic E-state index is 4.33. The van der Waals surface area contributed by atoms with E-state index in [4.69, 9.17) is 0 Å². The van der Waals surface area contributed by atoms with Crippen molar-refractivity contribution < 1.29 is 58.2 Å². The Morgan fingerprint density at radius 1 is 1.29 bits per heavy atom. The molecule has 2 aromatic rings. The summed E-state index contributed by atoms with van der Waals surface area (Å²) in [5, 5.41) is 11.9. The van der Waals surface area contributed by atoms with Crippen LogP contribution in [0.2, 0.25) is 0 Å². The molecule has 0 aromatic carbocycles. The van der Waals surface area contributed by atoms with Crippen LogP contribution in [-0.4, -0.2) is 19.8 Å². The summed E-state index contributed by atoms with van der Waals surface area (Å²) in [6.07, 6.45) is 1.61. The van der Waals surface area contributed by atoms with Gasteiger partial charge in [-0.1, -0.05) is 13.8 Å². The summed E-state index contributed by atoms with van der Waals surface area (Å²) in [5.74, 6) is 0.441. The molecular formula is C9H13N4Rb. The molecule has 0 saturated heterocycles. The van der Waals surface area contributed by atoms with Crippen LogP contribution in [0.15, 0.2) is 18.5 Å². The van der Waals surface area contributed by atoms with Gasteiger partial charge in [-0.3, -0.25) is 0 Å². The predicted molar refractivity (Wildman–Crippen MR) is 51.3 cm³/mol. The summed E-state index contributed by atoms with van der Waals surface area (Å²) in [4.78, 5) is 0. The van der Waals surface area contributed by atoms with E-state index in [0.717, 1.165) is 11.3 Å². The topological polar surface area (TPSA) is 43.1 Å². The fourth-order valence-corrected chi connectivity index (χ4v) is 1.05. The monoisotopic (exact) mass is 262 g/mol. The Morgan fingerprint density at radius 2 is 2.00 bits per heavy atom. The molecule has 2 aromatic heterocycles. The van der Waals surface area contributed by atoms with Gasteiger partial charge < -0.3 is 7.43 Å². The van der Waals surface area contributed by atoms with Crippen molar-refractivity contribution in [1.29, 1.82) is 0 Å². The van der Waals surface area contributed by atoms with E-state index in [9.17, 15) is 0 Å². The SMILES string of the molecule is CC(C)c1ccc2nncn2n1.[CH3-].[Rb+]. The Balaban J connectivity index is 0.000000845. The maximum atomic E-state index is 4.33. The third-order valence-corrected chi connectivity index (χ3v) is 1.77. The van der Waals surface area contributed by atoms with Crippen LogP contribution in [0.5, 0.6) is 0 Å². The second-order valence-corrected chi connectivity index (χ2v) is 3.05. The second-order valence-electron chi connectivity index (χ2n) is 3.05. The van der Waals surface area contributed by atoms with Crippen molar-refractivity contribution in [2.45, 2.75) is 19.8 Å². The predicted octanol–water partition coefficient (Wildman–Crippen LogP) is -1.30. The van der Waals surface area contributed by atoms with E-state index in [0.29, 0.717) is 5.92 Å². The Morgan fingerprint density at radius 3 is 2.64 bits per heavy atom. The minimum Gasteiger partial charge on any atom is -0.358 e. The van der Waals surface area contributed by atoms with Gasteiger partial charge >= 0.3 is 58.2 Å². The molecule has 0 bridgehead atoms. The van der Waals surface area contributed by atoms with Crippen LogP contribution < -0.4 is 58.2 Å². The summed E-state index contributed by atoms with van der Waals surface area (Å²) in [7, 11) is 0. The number of aromatic nitrogens is 4. The first-order valence-electron chi connectivity index (χ1n) is 3.94. The van der Waals surface area contributed by atoms with Crippen molar-refractivity contribution in [2.24, 2.45) is 0 Å². The number of hydrogen-bond donors (Lipinski definition) is 0. The molecule has 0 spiro atoms. The van der Waals surface area contributed by atoms with Gasteiger partial charge in [-0.15, -0.1) is 10.2 Å². The van der Waals surface area contributed by atoms with Crippen molar-refractivity contribution in [3.8, 4) is 0 Å². The van der Waals surface area contributed by atoms with E-state index in [1.165, 1.54) is 0 Å². The first kappa shape index (κ1) is 14.4. The van der Waals surface area contributed by atoms with Gasteiger partial charge in [0.1, 0.15) is 6.33 Å². The Kier molecular flexibility index (Phi) is 6.20. The normalized spacial score (nSPS) is 9.64. The molecule has 0 aliphatic carbocycles. The zero-order chi connectivity index (χ0) is 8.55. The van der Waals surface area contributed by atoms with E-state index in [-0.39, 0.29) is 65.6 Å². The van der Waals surface area contributed by atoms with Gasteiger partial charge in [0, 0.05) is 0 Å². The average molecular weight is 263 g/mol. The summed E-state index contributed by atoms with van der Waals surface area (Å²) in [6, 6.07) is 3.91. The number of fused-ring (bicyclic) bond motifs is 1. The van der Waals surface area contributed by atoms with E-state index in [1.54, 1.807) is 10.8 Å². The molecular weight excluding hydrogens is 250 g/mol. The minimum absolute atomic E-state index is 0. The van der Waals surface area contributed by atoms with E-state index in [2.05, 4.69) is 29.1 Å². The van der Waals surface area contributed by atoms with Gasteiger partial charge in [-0.2, -0.15) is 5.10 Å². The largest absolute Gasteiger partial charge is 1.00 e. The van der Waals surface area contributed by atoms with E-state index < -0.39 is 0 Å². The molecule has 2 rings (SSSR count). The van der Waals surface area contributed by atoms with E-state index in [1.807, 2.05) is 12.1 Å². The van der Waals surface area contributed by atoms with Crippen LogP contribution in [0, 0.1) is 7.43 Å². The molecule has 14 heavy (non-hydrogen) atoms. The summed E-state index contributed by atoms with van der Waals surface area (Å²) in [5.41, 5.74) is 1.85. The molecule has 0 fully saturated rings. The van der Waals surface area contributed by atoms with Gasteiger partial charge in [0.2, 0.25) is 0 Å². The number of hydrogen-bond acceptors (Lipinski definition) is 3. The zero-order valence-electron chi connectivity index (χ0n) is 9.10. The van der Waals surface area contributed by atoms with Crippen molar-refractivity contribution >= 4 is 5.65 Å². The van der Waals surface area contributed by atoms with Gasteiger partial charge in [0.25, 0.3) is 0 Å². The summed E-state index contributed by atoms with van der Waals surface area (Å²) in [6.45, 7) is 4.22. The first-order chi connectivity index (χ1) is 5.77. The Bertz CT molecular complexity index is 396. The van der Waals surface area contributed by atoms with Crippen molar-refractivity contribution in [3.63, 3.8) is 0 Å². The molecule has 0 aliphatic rings. The van der Waals surface area contributed by atoms with Crippen LogP contribution in [0.3, 0.4) is 0 Å².